The molecule has 0 saturated carbocycles. The van der Waals surface area contributed by atoms with Crippen LogP contribution in [0.4, 0.5) is 0 Å². The summed E-state index contributed by atoms with van der Waals surface area (Å²) in [5.74, 6) is 0. The summed E-state index contributed by atoms with van der Waals surface area (Å²) in [5.41, 5.74) is -1.05. The average Bonchev–Trinajstić information content (AvgIpc) is 2.09. The first-order valence-electron chi connectivity index (χ1n) is 3.63. The van der Waals surface area contributed by atoms with Crippen molar-refractivity contribution in [2.45, 2.75) is 6.54 Å². The van der Waals surface area contributed by atoms with Crippen LogP contribution in [-0.2, 0) is 11.3 Å². The van der Waals surface area contributed by atoms with Crippen molar-refractivity contribution in [3.63, 3.8) is 0 Å². The summed E-state index contributed by atoms with van der Waals surface area (Å²) in [6.07, 6.45) is 1.29. The van der Waals surface area contributed by atoms with E-state index in [1.807, 2.05) is 0 Å². The topological polar surface area (TPSA) is 64.1 Å². The molecule has 5 nitrogen and oxygen atoms in total. The fraction of sp³-hybridized carbons (Fsp3) is 0.429. The van der Waals surface area contributed by atoms with Gasteiger partial charge in [-0.3, -0.25) is 14.3 Å². The molecule has 1 N–H and O–H groups in total. The number of methoxy groups -OCH3 is 1. The molecule has 13 heavy (non-hydrogen) atoms. The molecule has 0 aromatic carbocycles. The molecule has 6 heteroatoms. The van der Waals surface area contributed by atoms with E-state index in [9.17, 15) is 9.59 Å². The van der Waals surface area contributed by atoms with Gasteiger partial charge in [-0.25, -0.2) is 4.79 Å². The quantitative estimate of drug-likeness (QED) is 0.744. The lowest BCUT2D eigenvalue weighted by Gasteiger charge is -2.03. The third-order valence-corrected chi connectivity index (χ3v) is 1.77. The Labute approximate surface area is 78.9 Å². The third-order valence-electron chi connectivity index (χ3n) is 1.50. The Balaban J connectivity index is 3.02. The Bertz CT molecular complexity index is 395. The predicted molar refractivity (Wildman–Crippen MR) is 48.2 cm³/mol. The van der Waals surface area contributed by atoms with Crippen molar-refractivity contribution in [3.05, 3.63) is 32.1 Å². The van der Waals surface area contributed by atoms with Crippen LogP contribution in [0.15, 0.2) is 15.8 Å². The Morgan fingerprint density at radius 2 is 2.31 bits per heavy atom. The second-order valence-electron chi connectivity index (χ2n) is 2.42. The van der Waals surface area contributed by atoms with Crippen LogP contribution in [0, 0.1) is 0 Å². The molecule has 0 saturated heterocycles. The van der Waals surface area contributed by atoms with Gasteiger partial charge >= 0.3 is 5.69 Å². The number of rotatable bonds is 3. The van der Waals surface area contributed by atoms with Gasteiger partial charge in [-0.1, -0.05) is 11.6 Å². The summed E-state index contributed by atoms with van der Waals surface area (Å²) in [7, 11) is 1.53. The van der Waals surface area contributed by atoms with Crippen molar-refractivity contribution in [3.8, 4) is 0 Å². The van der Waals surface area contributed by atoms with Crippen LogP contribution in [0.3, 0.4) is 0 Å². The zero-order chi connectivity index (χ0) is 9.84. The first kappa shape index (κ1) is 10.0. The maximum atomic E-state index is 11.1. The molecule has 0 spiro atoms. The molecule has 0 fully saturated rings. The second-order valence-corrected chi connectivity index (χ2v) is 2.83. The molecule has 0 atom stereocenters. The lowest BCUT2D eigenvalue weighted by Crippen LogP contribution is -2.30. The lowest BCUT2D eigenvalue weighted by molar-refractivity contribution is 0.185. The predicted octanol–water partition coefficient (Wildman–Crippen LogP) is -0.164. The molecule has 0 amide bonds. The summed E-state index contributed by atoms with van der Waals surface area (Å²) >= 11 is 5.52. The van der Waals surface area contributed by atoms with E-state index in [2.05, 4.69) is 4.98 Å². The Hall–Kier alpha value is -1.07. The summed E-state index contributed by atoms with van der Waals surface area (Å²) < 4.78 is 6.06. The Morgan fingerprint density at radius 3 is 2.92 bits per heavy atom. The molecule has 0 aliphatic rings. The maximum Gasteiger partial charge on any atom is 0.328 e. The molecule has 1 heterocycles. The van der Waals surface area contributed by atoms with Gasteiger partial charge in [0.15, 0.2) is 0 Å². The number of hydrogen-bond acceptors (Lipinski definition) is 3. The van der Waals surface area contributed by atoms with E-state index in [1.165, 1.54) is 17.9 Å². The monoisotopic (exact) mass is 204 g/mol. The minimum atomic E-state index is -0.569. The van der Waals surface area contributed by atoms with E-state index < -0.39 is 11.2 Å². The zero-order valence-corrected chi connectivity index (χ0v) is 7.80. The molecule has 1 rings (SSSR count). The second kappa shape index (κ2) is 4.25. The summed E-state index contributed by atoms with van der Waals surface area (Å²) in [6.45, 7) is 0.758. The van der Waals surface area contributed by atoms with Crippen LogP contribution < -0.4 is 11.2 Å². The number of aromatic amines is 1. The number of nitrogens with one attached hydrogen (secondary N) is 1. The van der Waals surface area contributed by atoms with Gasteiger partial charge in [0.1, 0.15) is 5.02 Å². The van der Waals surface area contributed by atoms with E-state index in [0.717, 1.165) is 0 Å². The van der Waals surface area contributed by atoms with Crippen molar-refractivity contribution in [1.29, 1.82) is 0 Å². The van der Waals surface area contributed by atoms with Gasteiger partial charge in [0.25, 0.3) is 5.56 Å². The smallest absolute Gasteiger partial charge is 0.328 e. The van der Waals surface area contributed by atoms with Crippen LogP contribution in [-0.4, -0.2) is 23.3 Å². The largest absolute Gasteiger partial charge is 0.383 e. The van der Waals surface area contributed by atoms with E-state index in [1.54, 1.807) is 0 Å². The number of aromatic nitrogens is 2. The van der Waals surface area contributed by atoms with Gasteiger partial charge in [-0.05, 0) is 0 Å². The van der Waals surface area contributed by atoms with E-state index in [0.29, 0.717) is 13.2 Å². The van der Waals surface area contributed by atoms with Crippen molar-refractivity contribution in [1.82, 2.24) is 9.55 Å². The molecule has 72 valence electrons. The molecule has 0 unspecified atom stereocenters. The van der Waals surface area contributed by atoms with Gasteiger partial charge in [-0.2, -0.15) is 0 Å². The highest BCUT2D eigenvalue weighted by Gasteiger charge is 2.00. The molecule has 0 aliphatic carbocycles. The van der Waals surface area contributed by atoms with Crippen LogP contribution >= 0.6 is 11.6 Å². The normalized spacial score (nSPS) is 10.3. The highest BCUT2D eigenvalue weighted by atomic mass is 35.5. The molecule has 1 aromatic rings. The van der Waals surface area contributed by atoms with Crippen LogP contribution in [0.1, 0.15) is 0 Å². The Morgan fingerprint density at radius 1 is 1.62 bits per heavy atom. The Kier molecular flexibility index (Phi) is 3.27. The number of halogens is 1. The average molecular weight is 205 g/mol. The first-order chi connectivity index (χ1) is 6.15. The van der Waals surface area contributed by atoms with E-state index >= 15 is 0 Å². The molecule has 0 radical (unpaired) electrons. The fourth-order valence-electron chi connectivity index (χ4n) is 0.838. The van der Waals surface area contributed by atoms with Crippen molar-refractivity contribution in [2.75, 3.05) is 13.7 Å². The van der Waals surface area contributed by atoms with E-state index in [-0.39, 0.29) is 5.02 Å². The SMILES string of the molecule is COCCn1cc(Cl)c(=O)[nH]c1=O. The summed E-state index contributed by atoms with van der Waals surface area (Å²) in [4.78, 5) is 24.0. The van der Waals surface area contributed by atoms with Crippen LogP contribution in [0.2, 0.25) is 5.02 Å². The summed E-state index contributed by atoms with van der Waals surface area (Å²) in [6, 6.07) is 0. The zero-order valence-electron chi connectivity index (χ0n) is 7.04. The van der Waals surface area contributed by atoms with Crippen LogP contribution in [0.5, 0.6) is 0 Å². The highest BCUT2D eigenvalue weighted by molar-refractivity contribution is 6.30. The van der Waals surface area contributed by atoms with Crippen LogP contribution in [0.25, 0.3) is 0 Å². The lowest BCUT2D eigenvalue weighted by atomic mass is 10.6. The fourth-order valence-corrected chi connectivity index (χ4v) is 1.00. The van der Waals surface area contributed by atoms with Gasteiger partial charge < -0.3 is 4.74 Å². The number of ether oxygens (including phenoxy) is 1. The molecule has 0 aliphatic heterocycles. The van der Waals surface area contributed by atoms with Gasteiger partial charge in [0.05, 0.1) is 13.2 Å². The minimum Gasteiger partial charge on any atom is -0.383 e. The standard InChI is InChI=1S/C7H9ClN2O3/c1-13-3-2-10-4-5(8)6(11)9-7(10)12/h4H,2-3H2,1H3,(H,9,11,12). The molecular formula is C7H9ClN2O3. The molecular weight excluding hydrogens is 196 g/mol. The highest BCUT2D eigenvalue weighted by Crippen LogP contribution is 1.95. The van der Waals surface area contributed by atoms with Gasteiger partial charge in [-0.15, -0.1) is 0 Å². The van der Waals surface area contributed by atoms with Crippen molar-refractivity contribution in [2.24, 2.45) is 0 Å². The maximum absolute atomic E-state index is 11.1. The number of nitrogens with zero attached hydrogens (tertiary/aromatic N) is 1. The van der Waals surface area contributed by atoms with Gasteiger partial charge in [0, 0.05) is 13.3 Å². The number of hydrogen-bond donors (Lipinski definition) is 1. The summed E-state index contributed by atoms with van der Waals surface area (Å²) in [5, 5.41) is -0.00398. The molecule has 1 aromatic heterocycles. The minimum absolute atomic E-state index is 0.00398. The van der Waals surface area contributed by atoms with Crippen molar-refractivity contribution < 1.29 is 4.74 Å². The number of H-pyrrole nitrogens is 1. The first-order valence-corrected chi connectivity index (χ1v) is 4.01. The molecule has 0 bridgehead atoms. The van der Waals surface area contributed by atoms with E-state index in [4.69, 9.17) is 16.3 Å². The van der Waals surface area contributed by atoms with Crippen molar-refractivity contribution >= 4 is 11.6 Å². The van der Waals surface area contributed by atoms with Gasteiger partial charge in [0.2, 0.25) is 0 Å². The third kappa shape index (κ3) is 2.43.